The summed E-state index contributed by atoms with van der Waals surface area (Å²) in [5.41, 5.74) is 1.67. The number of amides is 1. The van der Waals surface area contributed by atoms with Crippen LogP contribution in [0.3, 0.4) is 0 Å². The van der Waals surface area contributed by atoms with Crippen LogP contribution in [-0.2, 0) is 11.2 Å². The molecule has 0 saturated heterocycles. The number of carboxylic acids is 1. The molecule has 2 aromatic rings. The van der Waals surface area contributed by atoms with Gasteiger partial charge in [0, 0.05) is 12.1 Å². The minimum atomic E-state index is -1.08. The predicted molar refractivity (Wildman–Crippen MR) is 80.5 cm³/mol. The number of aliphatic carboxylic acids is 1. The molecule has 0 aliphatic carbocycles. The molecule has 0 spiro atoms. The van der Waals surface area contributed by atoms with Crippen molar-refractivity contribution in [2.45, 2.75) is 26.3 Å². The third-order valence-electron chi connectivity index (χ3n) is 3.08. The van der Waals surface area contributed by atoms with Gasteiger partial charge in [-0.2, -0.15) is 0 Å². The van der Waals surface area contributed by atoms with E-state index in [0.717, 1.165) is 5.56 Å². The Morgan fingerprint density at radius 3 is 2.45 bits per heavy atom. The molecule has 2 rings (SSSR count). The summed E-state index contributed by atoms with van der Waals surface area (Å²) in [4.78, 5) is 31.7. The summed E-state index contributed by atoms with van der Waals surface area (Å²) in [6, 6.07) is 9.67. The molecule has 1 aromatic carbocycles. The van der Waals surface area contributed by atoms with Crippen molar-refractivity contribution >= 4 is 11.9 Å². The van der Waals surface area contributed by atoms with Gasteiger partial charge in [-0.25, -0.2) is 14.8 Å². The number of carboxylic acid groups (broad SMARTS) is 1. The van der Waals surface area contributed by atoms with E-state index in [1.54, 1.807) is 13.8 Å². The van der Waals surface area contributed by atoms with Gasteiger partial charge < -0.3 is 10.4 Å². The van der Waals surface area contributed by atoms with Gasteiger partial charge in [0.15, 0.2) is 0 Å². The zero-order chi connectivity index (χ0) is 16.1. The highest BCUT2D eigenvalue weighted by molar-refractivity contribution is 5.95. The number of nitrogens with zero attached hydrogens (tertiary/aromatic N) is 2. The Bertz CT molecular complexity index is 666. The van der Waals surface area contributed by atoms with Crippen molar-refractivity contribution in [2.24, 2.45) is 0 Å². The van der Waals surface area contributed by atoms with Crippen molar-refractivity contribution in [1.29, 1.82) is 0 Å². The van der Waals surface area contributed by atoms with E-state index < -0.39 is 17.9 Å². The fourth-order valence-electron chi connectivity index (χ4n) is 2.12. The Labute approximate surface area is 128 Å². The van der Waals surface area contributed by atoms with E-state index in [2.05, 4.69) is 15.3 Å². The van der Waals surface area contributed by atoms with Crippen LogP contribution in [0.25, 0.3) is 0 Å². The Hall–Kier alpha value is -2.76. The molecular weight excluding hydrogens is 282 g/mol. The lowest BCUT2D eigenvalue weighted by molar-refractivity contribution is -0.139. The molecule has 0 bridgehead atoms. The standard InChI is InChI=1S/C16H17N3O3/c1-10-8-13(18-11(2)17-10)15(20)19-14(16(21)22)9-12-6-4-3-5-7-12/h3-8,14H,9H2,1-2H3,(H,19,20)(H,21,22)/t14-/m1/s1. The smallest absolute Gasteiger partial charge is 0.326 e. The summed E-state index contributed by atoms with van der Waals surface area (Å²) < 4.78 is 0. The fourth-order valence-corrected chi connectivity index (χ4v) is 2.12. The first kappa shape index (κ1) is 15.6. The van der Waals surface area contributed by atoms with Crippen molar-refractivity contribution in [3.8, 4) is 0 Å². The lowest BCUT2D eigenvalue weighted by Gasteiger charge is -2.14. The molecule has 0 unspecified atom stereocenters. The number of aryl methyl sites for hydroxylation is 2. The second kappa shape index (κ2) is 6.80. The Morgan fingerprint density at radius 2 is 1.86 bits per heavy atom. The maximum absolute atomic E-state index is 12.2. The van der Waals surface area contributed by atoms with Crippen LogP contribution in [0, 0.1) is 13.8 Å². The van der Waals surface area contributed by atoms with Crippen LogP contribution in [0.1, 0.15) is 27.6 Å². The number of hydrogen-bond donors (Lipinski definition) is 2. The minimum Gasteiger partial charge on any atom is -0.480 e. The highest BCUT2D eigenvalue weighted by Gasteiger charge is 2.22. The average molecular weight is 299 g/mol. The molecule has 0 aliphatic heterocycles. The van der Waals surface area contributed by atoms with Crippen molar-refractivity contribution in [3.05, 3.63) is 59.2 Å². The number of hydrogen-bond acceptors (Lipinski definition) is 4. The van der Waals surface area contributed by atoms with Crippen molar-refractivity contribution in [2.75, 3.05) is 0 Å². The number of carbonyl (C=O) groups excluding carboxylic acids is 1. The van der Waals surface area contributed by atoms with Gasteiger partial charge in [0.2, 0.25) is 0 Å². The van der Waals surface area contributed by atoms with E-state index in [9.17, 15) is 14.7 Å². The Morgan fingerprint density at radius 1 is 1.18 bits per heavy atom. The summed E-state index contributed by atoms with van der Waals surface area (Å²) in [5, 5.41) is 11.8. The highest BCUT2D eigenvalue weighted by Crippen LogP contribution is 2.05. The first-order valence-corrected chi connectivity index (χ1v) is 6.85. The number of nitrogens with one attached hydrogen (secondary N) is 1. The van der Waals surface area contributed by atoms with Gasteiger partial charge in [-0.15, -0.1) is 0 Å². The average Bonchev–Trinajstić information content (AvgIpc) is 2.46. The Balaban J connectivity index is 2.13. The summed E-state index contributed by atoms with van der Waals surface area (Å²) in [7, 11) is 0. The van der Waals surface area contributed by atoms with Gasteiger partial charge in [-0.1, -0.05) is 30.3 Å². The van der Waals surface area contributed by atoms with Gasteiger partial charge >= 0.3 is 5.97 Å². The lowest BCUT2D eigenvalue weighted by Crippen LogP contribution is -2.42. The van der Waals surface area contributed by atoms with E-state index in [1.165, 1.54) is 6.07 Å². The molecule has 114 valence electrons. The van der Waals surface area contributed by atoms with Crippen LogP contribution < -0.4 is 5.32 Å². The first-order chi connectivity index (χ1) is 10.5. The maximum Gasteiger partial charge on any atom is 0.326 e. The lowest BCUT2D eigenvalue weighted by atomic mass is 10.1. The third-order valence-corrected chi connectivity index (χ3v) is 3.08. The minimum absolute atomic E-state index is 0.171. The molecule has 0 radical (unpaired) electrons. The first-order valence-electron chi connectivity index (χ1n) is 6.85. The van der Waals surface area contributed by atoms with Crippen LogP contribution in [0.2, 0.25) is 0 Å². The molecule has 2 N–H and O–H groups in total. The SMILES string of the molecule is Cc1cc(C(=O)N[C@H](Cc2ccccc2)C(=O)O)nc(C)n1. The molecule has 1 amide bonds. The number of carbonyl (C=O) groups is 2. The zero-order valence-electron chi connectivity index (χ0n) is 12.4. The van der Waals surface area contributed by atoms with Gasteiger partial charge in [-0.3, -0.25) is 4.79 Å². The van der Waals surface area contributed by atoms with Gasteiger partial charge in [0.05, 0.1) is 0 Å². The summed E-state index contributed by atoms with van der Waals surface area (Å²) in [5.74, 6) is -1.13. The molecule has 1 aromatic heterocycles. The molecule has 0 saturated carbocycles. The molecule has 6 heteroatoms. The van der Waals surface area contributed by atoms with Crippen molar-refractivity contribution in [3.63, 3.8) is 0 Å². The van der Waals surface area contributed by atoms with Crippen LogP contribution in [0.4, 0.5) is 0 Å². The predicted octanol–water partition coefficient (Wildman–Crippen LogP) is 1.52. The second-order valence-electron chi connectivity index (χ2n) is 5.00. The fraction of sp³-hybridized carbons (Fsp3) is 0.250. The topological polar surface area (TPSA) is 92.2 Å². The molecule has 1 heterocycles. The highest BCUT2D eigenvalue weighted by atomic mass is 16.4. The number of benzene rings is 1. The normalized spacial score (nSPS) is 11.7. The largest absolute Gasteiger partial charge is 0.480 e. The molecule has 22 heavy (non-hydrogen) atoms. The van der Waals surface area contributed by atoms with Crippen LogP contribution in [0.15, 0.2) is 36.4 Å². The van der Waals surface area contributed by atoms with Gasteiger partial charge in [0.25, 0.3) is 5.91 Å². The number of aromatic nitrogens is 2. The summed E-state index contributed by atoms with van der Waals surface area (Å²) >= 11 is 0. The maximum atomic E-state index is 12.2. The quantitative estimate of drug-likeness (QED) is 0.873. The van der Waals surface area contributed by atoms with Crippen LogP contribution in [0.5, 0.6) is 0 Å². The molecule has 0 aliphatic rings. The second-order valence-corrected chi connectivity index (χ2v) is 5.00. The summed E-state index contributed by atoms with van der Waals surface area (Å²) in [6.07, 6.45) is 0.213. The van der Waals surface area contributed by atoms with Crippen molar-refractivity contribution in [1.82, 2.24) is 15.3 Å². The monoisotopic (exact) mass is 299 g/mol. The molecule has 0 fully saturated rings. The van der Waals surface area contributed by atoms with Crippen molar-refractivity contribution < 1.29 is 14.7 Å². The summed E-state index contributed by atoms with van der Waals surface area (Å²) in [6.45, 7) is 3.44. The zero-order valence-corrected chi connectivity index (χ0v) is 12.4. The third kappa shape index (κ3) is 4.12. The molecular formula is C16H17N3O3. The van der Waals surface area contributed by atoms with E-state index in [4.69, 9.17) is 0 Å². The number of rotatable bonds is 5. The van der Waals surface area contributed by atoms with E-state index in [0.29, 0.717) is 11.5 Å². The Kier molecular flexibility index (Phi) is 4.83. The van der Waals surface area contributed by atoms with Crippen LogP contribution >= 0.6 is 0 Å². The van der Waals surface area contributed by atoms with Gasteiger partial charge in [-0.05, 0) is 25.5 Å². The van der Waals surface area contributed by atoms with E-state index in [-0.39, 0.29) is 12.1 Å². The van der Waals surface area contributed by atoms with Gasteiger partial charge in [0.1, 0.15) is 17.6 Å². The molecule has 1 atom stereocenters. The van der Waals surface area contributed by atoms with Crippen LogP contribution in [-0.4, -0.2) is 33.0 Å². The van der Waals surface area contributed by atoms with E-state index >= 15 is 0 Å². The molecule has 6 nitrogen and oxygen atoms in total. The van der Waals surface area contributed by atoms with E-state index in [1.807, 2.05) is 30.3 Å².